The normalized spacial score (nSPS) is 11.6. The summed E-state index contributed by atoms with van der Waals surface area (Å²) in [5, 5.41) is 21.8. The maximum absolute atomic E-state index is 11.4. The van der Waals surface area contributed by atoms with E-state index in [0.29, 0.717) is 19.4 Å². The Kier molecular flexibility index (Phi) is 6.01. The molecule has 1 aromatic heterocycles. The second kappa shape index (κ2) is 7.77. The number of hydrogen-bond donors (Lipinski definition) is 5. The van der Waals surface area contributed by atoms with Crippen molar-refractivity contribution in [3.8, 4) is 0 Å². The van der Waals surface area contributed by atoms with Gasteiger partial charge in [-0.2, -0.15) is 0 Å². The Labute approximate surface area is 114 Å². The fourth-order valence-corrected chi connectivity index (χ4v) is 1.48. The molecule has 1 rings (SSSR count). The molecule has 1 atom stereocenters. The standard InChI is InChI=1S/C11H16N4O5/c16-9(17)6-7(10(18)19)15-11(20)14-3-1-2-8-12-4-5-13-8/h4-5,7H,1-3,6H2,(H,12,13)(H,16,17)(H,18,19)(H2,14,15,20)/t7-/m0/s1. The minimum absolute atomic E-state index is 0.325. The smallest absolute Gasteiger partial charge is 0.326 e. The largest absolute Gasteiger partial charge is 0.481 e. The van der Waals surface area contributed by atoms with Gasteiger partial charge in [0.15, 0.2) is 0 Å². The molecule has 110 valence electrons. The van der Waals surface area contributed by atoms with Gasteiger partial charge in [-0.3, -0.25) is 4.79 Å². The number of carbonyl (C=O) groups excluding carboxylic acids is 1. The van der Waals surface area contributed by atoms with Crippen LogP contribution in [0.3, 0.4) is 0 Å². The van der Waals surface area contributed by atoms with Gasteiger partial charge in [-0.05, 0) is 6.42 Å². The molecule has 0 fully saturated rings. The van der Waals surface area contributed by atoms with Gasteiger partial charge in [0, 0.05) is 25.4 Å². The number of hydrogen-bond acceptors (Lipinski definition) is 4. The highest BCUT2D eigenvalue weighted by molar-refractivity contribution is 5.86. The number of amides is 2. The number of carboxylic acid groups (broad SMARTS) is 2. The van der Waals surface area contributed by atoms with Gasteiger partial charge in [-0.15, -0.1) is 0 Å². The van der Waals surface area contributed by atoms with Gasteiger partial charge in [0.2, 0.25) is 0 Å². The molecule has 0 aliphatic carbocycles. The molecule has 1 heterocycles. The molecule has 1 aromatic rings. The second-order valence-electron chi connectivity index (χ2n) is 4.03. The summed E-state index contributed by atoms with van der Waals surface area (Å²) in [5.41, 5.74) is 0. The average molecular weight is 284 g/mol. The zero-order chi connectivity index (χ0) is 15.0. The lowest BCUT2D eigenvalue weighted by atomic mass is 10.2. The predicted octanol–water partition coefficient (Wildman–Crippen LogP) is -0.431. The highest BCUT2D eigenvalue weighted by atomic mass is 16.4. The first-order chi connectivity index (χ1) is 9.49. The maximum Gasteiger partial charge on any atom is 0.326 e. The Morgan fingerprint density at radius 3 is 2.65 bits per heavy atom. The van der Waals surface area contributed by atoms with Crippen LogP contribution in [0, 0.1) is 0 Å². The fourth-order valence-electron chi connectivity index (χ4n) is 1.48. The Hall–Kier alpha value is -2.58. The van der Waals surface area contributed by atoms with Crippen molar-refractivity contribution in [3.63, 3.8) is 0 Å². The van der Waals surface area contributed by atoms with Crippen LogP contribution < -0.4 is 10.6 Å². The topological polar surface area (TPSA) is 144 Å². The number of nitrogens with zero attached hydrogens (tertiary/aromatic N) is 1. The second-order valence-corrected chi connectivity index (χ2v) is 4.03. The van der Waals surface area contributed by atoms with Crippen molar-refractivity contribution in [3.05, 3.63) is 18.2 Å². The van der Waals surface area contributed by atoms with E-state index in [1.165, 1.54) is 0 Å². The number of rotatable bonds is 8. The van der Waals surface area contributed by atoms with Gasteiger partial charge in [-0.25, -0.2) is 14.6 Å². The number of aromatic nitrogens is 2. The molecule has 0 saturated heterocycles. The molecule has 9 heteroatoms. The third-order valence-electron chi connectivity index (χ3n) is 2.41. The zero-order valence-electron chi connectivity index (χ0n) is 10.6. The lowest BCUT2D eigenvalue weighted by Crippen LogP contribution is -2.47. The van der Waals surface area contributed by atoms with Crippen LogP contribution in [0.1, 0.15) is 18.7 Å². The lowest BCUT2D eigenvalue weighted by Gasteiger charge is -2.13. The molecule has 0 saturated carbocycles. The Morgan fingerprint density at radius 2 is 2.10 bits per heavy atom. The van der Waals surface area contributed by atoms with E-state index in [1.54, 1.807) is 12.4 Å². The third-order valence-corrected chi connectivity index (χ3v) is 2.41. The van der Waals surface area contributed by atoms with Crippen molar-refractivity contribution in [1.82, 2.24) is 20.6 Å². The highest BCUT2D eigenvalue weighted by Crippen LogP contribution is 1.95. The van der Waals surface area contributed by atoms with Gasteiger partial charge >= 0.3 is 18.0 Å². The van der Waals surface area contributed by atoms with Crippen molar-refractivity contribution in [1.29, 1.82) is 0 Å². The number of nitrogens with one attached hydrogen (secondary N) is 3. The zero-order valence-corrected chi connectivity index (χ0v) is 10.6. The molecule has 20 heavy (non-hydrogen) atoms. The van der Waals surface area contributed by atoms with Gasteiger partial charge in [0.25, 0.3) is 0 Å². The number of aromatic amines is 1. The summed E-state index contributed by atoms with van der Waals surface area (Å²) in [5.74, 6) is -1.89. The van der Waals surface area contributed by atoms with E-state index < -0.39 is 30.4 Å². The van der Waals surface area contributed by atoms with Gasteiger partial charge in [0.1, 0.15) is 11.9 Å². The summed E-state index contributed by atoms with van der Waals surface area (Å²) >= 11 is 0. The first kappa shape index (κ1) is 15.5. The van der Waals surface area contributed by atoms with E-state index >= 15 is 0 Å². The van der Waals surface area contributed by atoms with Crippen LogP contribution in [0.4, 0.5) is 4.79 Å². The number of urea groups is 1. The predicted molar refractivity (Wildman–Crippen MR) is 67.1 cm³/mol. The summed E-state index contributed by atoms with van der Waals surface area (Å²) in [6.07, 6.45) is 3.91. The van der Waals surface area contributed by atoms with Crippen molar-refractivity contribution in [2.45, 2.75) is 25.3 Å². The molecule has 2 amide bonds. The van der Waals surface area contributed by atoms with E-state index in [9.17, 15) is 14.4 Å². The van der Waals surface area contributed by atoms with Crippen molar-refractivity contribution >= 4 is 18.0 Å². The van der Waals surface area contributed by atoms with Gasteiger partial charge in [0.05, 0.1) is 6.42 Å². The van der Waals surface area contributed by atoms with E-state index in [4.69, 9.17) is 10.2 Å². The first-order valence-electron chi connectivity index (χ1n) is 5.96. The van der Waals surface area contributed by atoms with Crippen molar-refractivity contribution in [2.75, 3.05) is 6.54 Å². The third kappa shape index (κ3) is 5.85. The van der Waals surface area contributed by atoms with Crippen LogP contribution in [0.5, 0.6) is 0 Å². The van der Waals surface area contributed by atoms with Crippen LogP contribution in [-0.4, -0.2) is 50.7 Å². The maximum atomic E-state index is 11.4. The minimum atomic E-state index is -1.45. The van der Waals surface area contributed by atoms with E-state index in [-0.39, 0.29) is 0 Å². The summed E-state index contributed by atoms with van der Waals surface area (Å²) in [7, 11) is 0. The molecule has 9 nitrogen and oxygen atoms in total. The van der Waals surface area contributed by atoms with E-state index in [0.717, 1.165) is 5.82 Å². The molecular formula is C11H16N4O5. The first-order valence-corrected chi connectivity index (χ1v) is 5.96. The summed E-state index contributed by atoms with van der Waals surface area (Å²) in [6.45, 7) is 0.325. The minimum Gasteiger partial charge on any atom is -0.481 e. The quantitative estimate of drug-likeness (QED) is 0.410. The van der Waals surface area contributed by atoms with Crippen LogP contribution >= 0.6 is 0 Å². The summed E-state index contributed by atoms with van der Waals surface area (Å²) in [4.78, 5) is 39.5. The molecule has 0 unspecified atom stereocenters. The van der Waals surface area contributed by atoms with Gasteiger partial charge < -0.3 is 25.8 Å². The van der Waals surface area contributed by atoms with Crippen LogP contribution in [0.2, 0.25) is 0 Å². The SMILES string of the molecule is O=C(O)C[C@H](NC(=O)NCCCc1ncc[nH]1)C(=O)O. The number of carbonyl (C=O) groups is 3. The lowest BCUT2D eigenvalue weighted by molar-refractivity contribution is -0.145. The Morgan fingerprint density at radius 1 is 1.35 bits per heavy atom. The Balaban J connectivity index is 2.24. The van der Waals surface area contributed by atoms with Crippen molar-refractivity contribution in [2.24, 2.45) is 0 Å². The van der Waals surface area contributed by atoms with Crippen LogP contribution in [-0.2, 0) is 16.0 Å². The van der Waals surface area contributed by atoms with Gasteiger partial charge in [-0.1, -0.05) is 0 Å². The number of aryl methyl sites for hydroxylation is 1. The molecule has 0 aliphatic rings. The number of H-pyrrole nitrogens is 1. The molecule has 0 aromatic carbocycles. The molecular weight excluding hydrogens is 268 g/mol. The number of carboxylic acids is 2. The van der Waals surface area contributed by atoms with Crippen LogP contribution in [0.15, 0.2) is 12.4 Å². The molecule has 0 aliphatic heterocycles. The number of imidazole rings is 1. The highest BCUT2D eigenvalue weighted by Gasteiger charge is 2.22. The Bertz CT molecular complexity index is 459. The van der Waals surface area contributed by atoms with Crippen molar-refractivity contribution < 1.29 is 24.6 Å². The summed E-state index contributed by atoms with van der Waals surface area (Å²) in [6, 6.07) is -2.16. The van der Waals surface area contributed by atoms with E-state index in [2.05, 4.69) is 20.6 Å². The fraction of sp³-hybridized carbons (Fsp3) is 0.455. The molecule has 5 N–H and O–H groups in total. The van der Waals surface area contributed by atoms with E-state index in [1.807, 2.05) is 0 Å². The number of aliphatic carboxylic acids is 2. The van der Waals surface area contributed by atoms with Crippen LogP contribution in [0.25, 0.3) is 0 Å². The molecule has 0 bridgehead atoms. The molecule has 0 spiro atoms. The average Bonchev–Trinajstić information content (AvgIpc) is 2.86. The molecule has 0 radical (unpaired) electrons. The summed E-state index contributed by atoms with van der Waals surface area (Å²) < 4.78 is 0. The monoisotopic (exact) mass is 284 g/mol.